The summed E-state index contributed by atoms with van der Waals surface area (Å²) in [5, 5.41) is 0. The van der Waals surface area contributed by atoms with Gasteiger partial charge >= 0.3 is 0 Å². The Morgan fingerprint density at radius 1 is 1.47 bits per heavy atom. The maximum absolute atomic E-state index is 5.95. The molecule has 0 spiro atoms. The zero-order chi connectivity index (χ0) is 12.4. The Morgan fingerprint density at radius 3 is 2.82 bits per heavy atom. The third-order valence-electron chi connectivity index (χ3n) is 4.14. The molecule has 3 heteroatoms. The third kappa shape index (κ3) is 2.55. The number of furan rings is 1. The molecule has 4 unspecified atom stereocenters. The maximum atomic E-state index is 5.95. The van der Waals surface area contributed by atoms with Gasteiger partial charge in [0.2, 0.25) is 0 Å². The molecule has 1 aromatic rings. The van der Waals surface area contributed by atoms with Crippen LogP contribution < -0.4 is 5.73 Å². The molecule has 0 radical (unpaired) electrons. The van der Waals surface area contributed by atoms with Crippen molar-refractivity contribution in [3.63, 3.8) is 0 Å². The molecule has 0 aromatic carbocycles. The van der Waals surface area contributed by atoms with E-state index in [9.17, 15) is 0 Å². The summed E-state index contributed by atoms with van der Waals surface area (Å²) < 4.78 is 5.54. The van der Waals surface area contributed by atoms with Crippen LogP contribution in [0.1, 0.15) is 39.0 Å². The van der Waals surface area contributed by atoms with Gasteiger partial charge in [0, 0.05) is 19.1 Å². The molecule has 4 atom stereocenters. The van der Waals surface area contributed by atoms with E-state index in [0.717, 1.165) is 24.1 Å². The van der Waals surface area contributed by atoms with Gasteiger partial charge in [-0.25, -0.2) is 0 Å². The van der Waals surface area contributed by atoms with Gasteiger partial charge in [-0.3, -0.25) is 4.90 Å². The van der Waals surface area contributed by atoms with Crippen molar-refractivity contribution in [1.29, 1.82) is 0 Å². The molecule has 0 bridgehead atoms. The SMILES string of the molecule is CC1CC(C)C(C)N(C(CN)c2ccco2)C1. The van der Waals surface area contributed by atoms with Gasteiger partial charge in [0.05, 0.1) is 12.3 Å². The highest BCUT2D eigenvalue weighted by Crippen LogP contribution is 2.33. The van der Waals surface area contributed by atoms with Crippen molar-refractivity contribution in [1.82, 2.24) is 4.90 Å². The normalized spacial score (nSPS) is 32.6. The van der Waals surface area contributed by atoms with Gasteiger partial charge in [-0.2, -0.15) is 0 Å². The lowest BCUT2D eigenvalue weighted by Crippen LogP contribution is -2.49. The van der Waals surface area contributed by atoms with Gasteiger partial charge in [-0.05, 0) is 37.3 Å². The van der Waals surface area contributed by atoms with E-state index >= 15 is 0 Å². The van der Waals surface area contributed by atoms with Crippen LogP contribution in [0.25, 0.3) is 0 Å². The minimum absolute atomic E-state index is 0.227. The maximum Gasteiger partial charge on any atom is 0.122 e. The van der Waals surface area contributed by atoms with Crippen LogP contribution in [-0.4, -0.2) is 24.0 Å². The van der Waals surface area contributed by atoms with E-state index in [2.05, 4.69) is 25.7 Å². The smallest absolute Gasteiger partial charge is 0.122 e. The Morgan fingerprint density at radius 2 is 2.24 bits per heavy atom. The molecule has 1 aliphatic rings. The highest BCUT2D eigenvalue weighted by Gasteiger charge is 2.34. The topological polar surface area (TPSA) is 42.4 Å². The highest BCUT2D eigenvalue weighted by atomic mass is 16.3. The van der Waals surface area contributed by atoms with E-state index in [1.165, 1.54) is 6.42 Å². The zero-order valence-electron chi connectivity index (χ0n) is 11.1. The molecule has 1 aromatic heterocycles. The van der Waals surface area contributed by atoms with Gasteiger partial charge in [0.25, 0.3) is 0 Å². The Bertz CT molecular complexity index is 336. The molecule has 1 aliphatic heterocycles. The van der Waals surface area contributed by atoms with Gasteiger partial charge in [-0.15, -0.1) is 0 Å². The number of nitrogens with two attached hydrogens (primary N) is 1. The predicted molar refractivity (Wildman–Crippen MR) is 69.6 cm³/mol. The van der Waals surface area contributed by atoms with Crippen LogP contribution in [0.5, 0.6) is 0 Å². The quantitative estimate of drug-likeness (QED) is 0.877. The lowest BCUT2D eigenvalue weighted by molar-refractivity contribution is 0.0346. The van der Waals surface area contributed by atoms with Crippen molar-refractivity contribution in [3.05, 3.63) is 24.2 Å². The molecule has 0 saturated carbocycles. The first-order valence-electron chi connectivity index (χ1n) is 6.62. The Kier molecular flexibility index (Phi) is 3.89. The van der Waals surface area contributed by atoms with Gasteiger partial charge in [0.1, 0.15) is 5.76 Å². The van der Waals surface area contributed by atoms with Crippen molar-refractivity contribution in [2.75, 3.05) is 13.1 Å². The first kappa shape index (κ1) is 12.7. The molecule has 2 rings (SSSR count). The van der Waals surface area contributed by atoms with Crippen LogP contribution >= 0.6 is 0 Å². The minimum Gasteiger partial charge on any atom is -0.468 e. The lowest BCUT2D eigenvalue weighted by atomic mass is 9.84. The van der Waals surface area contributed by atoms with E-state index in [1.54, 1.807) is 6.26 Å². The van der Waals surface area contributed by atoms with E-state index in [1.807, 2.05) is 12.1 Å². The summed E-state index contributed by atoms with van der Waals surface area (Å²) in [7, 11) is 0. The Balaban J connectivity index is 2.18. The van der Waals surface area contributed by atoms with Crippen molar-refractivity contribution in [3.8, 4) is 0 Å². The molecular formula is C14H24N2O. The minimum atomic E-state index is 0.227. The highest BCUT2D eigenvalue weighted by molar-refractivity contribution is 5.07. The summed E-state index contributed by atoms with van der Waals surface area (Å²) in [4.78, 5) is 2.51. The lowest BCUT2D eigenvalue weighted by Gasteiger charge is -2.44. The summed E-state index contributed by atoms with van der Waals surface area (Å²) >= 11 is 0. The van der Waals surface area contributed by atoms with E-state index < -0.39 is 0 Å². The van der Waals surface area contributed by atoms with Gasteiger partial charge in [-0.1, -0.05) is 13.8 Å². The number of piperidine rings is 1. The average molecular weight is 236 g/mol. The zero-order valence-corrected chi connectivity index (χ0v) is 11.1. The molecule has 2 N–H and O–H groups in total. The molecule has 17 heavy (non-hydrogen) atoms. The fourth-order valence-corrected chi connectivity index (χ4v) is 3.07. The first-order valence-corrected chi connectivity index (χ1v) is 6.62. The second-order valence-electron chi connectivity index (χ2n) is 5.52. The van der Waals surface area contributed by atoms with Crippen LogP contribution in [0.4, 0.5) is 0 Å². The monoisotopic (exact) mass is 236 g/mol. The Hall–Kier alpha value is -0.800. The molecule has 0 aliphatic carbocycles. The molecule has 96 valence electrons. The van der Waals surface area contributed by atoms with E-state index in [-0.39, 0.29) is 6.04 Å². The predicted octanol–water partition coefficient (Wildman–Crippen LogP) is 2.65. The van der Waals surface area contributed by atoms with Crippen molar-refractivity contribution < 1.29 is 4.42 Å². The largest absolute Gasteiger partial charge is 0.468 e. The van der Waals surface area contributed by atoms with Crippen LogP contribution in [-0.2, 0) is 0 Å². The van der Waals surface area contributed by atoms with E-state index in [4.69, 9.17) is 10.2 Å². The fraction of sp³-hybridized carbons (Fsp3) is 0.714. The van der Waals surface area contributed by atoms with Crippen LogP contribution in [0.3, 0.4) is 0 Å². The number of nitrogens with zero attached hydrogens (tertiary/aromatic N) is 1. The first-order chi connectivity index (χ1) is 8.13. The van der Waals surface area contributed by atoms with Crippen molar-refractivity contribution >= 4 is 0 Å². The molecule has 1 fully saturated rings. The molecule has 1 saturated heterocycles. The number of hydrogen-bond donors (Lipinski definition) is 1. The van der Waals surface area contributed by atoms with Gasteiger partial charge < -0.3 is 10.2 Å². The summed E-state index contributed by atoms with van der Waals surface area (Å²) in [5.74, 6) is 2.47. The summed E-state index contributed by atoms with van der Waals surface area (Å²) in [6, 6.07) is 4.78. The van der Waals surface area contributed by atoms with Crippen molar-refractivity contribution in [2.45, 2.75) is 39.3 Å². The molecular weight excluding hydrogens is 212 g/mol. The number of hydrogen-bond acceptors (Lipinski definition) is 3. The van der Waals surface area contributed by atoms with Crippen LogP contribution in [0.2, 0.25) is 0 Å². The van der Waals surface area contributed by atoms with Crippen molar-refractivity contribution in [2.24, 2.45) is 17.6 Å². The molecule has 2 heterocycles. The number of likely N-dealkylation sites (tertiary alicyclic amines) is 1. The number of rotatable bonds is 3. The fourth-order valence-electron chi connectivity index (χ4n) is 3.07. The standard InChI is InChI=1S/C14H24N2O/c1-10-7-11(2)12(3)16(9-10)13(8-15)14-5-4-6-17-14/h4-6,10-13H,7-9,15H2,1-3H3. The summed E-state index contributed by atoms with van der Waals surface area (Å²) in [6.45, 7) is 8.71. The average Bonchev–Trinajstić information content (AvgIpc) is 2.79. The second kappa shape index (κ2) is 5.23. The van der Waals surface area contributed by atoms with Crippen LogP contribution in [0.15, 0.2) is 22.8 Å². The summed E-state index contributed by atoms with van der Waals surface area (Å²) in [6.07, 6.45) is 3.05. The van der Waals surface area contributed by atoms with Gasteiger partial charge in [0.15, 0.2) is 0 Å². The van der Waals surface area contributed by atoms with E-state index in [0.29, 0.717) is 12.6 Å². The molecule has 3 nitrogen and oxygen atoms in total. The third-order valence-corrected chi connectivity index (χ3v) is 4.14. The van der Waals surface area contributed by atoms with Crippen LogP contribution in [0, 0.1) is 11.8 Å². The summed E-state index contributed by atoms with van der Waals surface area (Å²) in [5.41, 5.74) is 5.95. The molecule has 0 amide bonds. The Labute approximate surface area is 104 Å². The second-order valence-corrected chi connectivity index (χ2v) is 5.52.